The summed E-state index contributed by atoms with van der Waals surface area (Å²) in [6.07, 6.45) is 3.74. The molecule has 0 atom stereocenters. The molecule has 1 aliphatic heterocycles. The molecule has 0 unspecified atom stereocenters. The van der Waals surface area contributed by atoms with Gasteiger partial charge in [0.25, 0.3) is 5.91 Å². The van der Waals surface area contributed by atoms with Crippen molar-refractivity contribution in [2.45, 2.75) is 39.3 Å². The molecule has 5 rings (SSSR count). The van der Waals surface area contributed by atoms with Crippen molar-refractivity contribution in [3.8, 4) is 0 Å². The first-order chi connectivity index (χ1) is 15.5. The van der Waals surface area contributed by atoms with Gasteiger partial charge in [-0.05, 0) is 37.5 Å². The first kappa shape index (κ1) is 20.9. The van der Waals surface area contributed by atoms with Gasteiger partial charge in [-0.25, -0.2) is 4.98 Å². The lowest BCUT2D eigenvalue weighted by Gasteiger charge is -2.36. The van der Waals surface area contributed by atoms with Crippen LogP contribution in [0, 0.1) is 6.92 Å². The van der Waals surface area contributed by atoms with Crippen molar-refractivity contribution in [1.82, 2.24) is 19.8 Å². The number of aryl methyl sites for hydroxylation is 1. The summed E-state index contributed by atoms with van der Waals surface area (Å²) in [5, 5.41) is 1.08. The maximum atomic E-state index is 13.2. The Bertz CT molecular complexity index is 1150. The molecule has 32 heavy (non-hydrogen) atoms. The number of pyridine rings is 1. The monoisotopic (exact) mass is 449 g/mol. The van der Waals surface area contributed by atoms with Crippen LogP contribution >= 0.6 is 11.3 Å². The fourth-order valence-electron chi connectivity index (χ4n) is 4.33. The van der Waals surface area contributed by atoms with Gasteiger partial charge in [0.2, 0.25) is 5.91 Å². The zero-order valence-electron chi connectivity index (χ0n) is 18.5. The van der Waals surface area contributed by atoms with E-state index in [0.29, 0.717) is 24.5 Å². The number of nitrogens with zero attached hydrogens (tertiary/aromatic N) is 5. The summed E-state index contributed by atoms with van der Waals surface area (Å²) in [4.78, 5) is 41.0. The predicted molar refractivity (Wildman–Crippen MR) is 126 cm³/mol. The Morgan fingerprint density at radius 3 is 2.59 bits per heavy atom. The molecule has 166 valence electrons. The van der Waals surface area contributed by atoms with Gasteiger partial charge in [0.1, 0.15) is 10.7 Å². The van der Waals surface area contributed by atoms with Crippen molar-refractivity contribution in [2.24, 2.45) is 0 Å². The van der Waals surface area contributed by atoms with Gasteiger partial charge in [0.15, 0.2) is 0 Å². The highest BCUT2D eigenvalue weighted by atomic mass is 32.1. The van der Waals surface area contributed by atoms with E-state index in [0.717, 1.165) is 48.2 Å². The van der Waals surface area contributed by atoms with Crippen LogP contribution in [0.4, 0.5) is 5.82 Å². The van der Waals surface area contributed by atoms with Gasteiger partial charge in [0.05, 0.1) is 17.2 Å². The number of hydrogen-bond donors (Lipinski definition) is 0. The van der Waals surface area contributed by atoms with Crippen molar-refractivity contribution in [3.05, 3.63) is 52.0 Å². The van der Waals surface area contributed by atoms with Crippen LogP contribution in [0.2, 0.25) is 0 Å². The van der Waals surface area contributed by atoms with E-state index < -0.39 is 0 Å². The fraction of sp³-hybridized carbons (Fsp3) is 0.417. The van der Waals surface area contributed by atoms with E-state index in [9.17, 15) is 9.59 Å². The SMILES string of the molecule is CC(=O)N1CCN(c2nc3cc(C)ccc3cc2CN(C(=O)c2cncs2)C2CC2)CC1. The van der Waals surface area contributed by atoms with Crippen molar-refractivity contribution in [1.29, 1.82) is 0 Å². The van der Waals surface area contributed by atoms with E-state index in [4.69, 9.17) is 4.98 Å². The second-order valence-corrected chi connectivity index (χ2v) is 9.58. The van der Waals surface area contributed by atoms with E-state index >= 15 is 0 Å². The number of piperazine rings is 1. The molecule has 2 amide bonds. The van der Waals surface area contributed by atoms with Crippen LogP contribution in [-0.2, 0) is 11.3 Å². The number of carbonyl (C=O) groups excluding carboxylic acids is 2. The van der Waals surface area contributed by atoms with Crippen LogP contribution < -0.4 is 4.90 Å². The molecule has 7 nitrogen and oxygen atoms in total. The molecule has 1 saturated carbocycles. The lowest BCUT2D eigenvalue weighted by Crippen LogP contribution is -2.48. The molecular weight excluding hydrogens is 422 g/mol. The Kier molecular flexibility index (Phi) is 5.55. The molecule has 2 aliphatic rings. The van der Waals surface area contributed by atoms with E-state index in [-0.39, 0.29) is 17.9 Å². The first-order valence-corrected chi connectivity index (χ1v) is 12.0. The van der Waals surface area contributed by atoms with Crippen LogP contribution in [0.1, 0.15) is 40.6 Å². The lowest BCUT2D eigenvalue weighted by atomic mass is 10.1. The van der Waals surface area contributed by atoms with Crippen molar-refractivity contribution in [2.75, 3.05) is 31.1 Å². The quantitative estimate of drug-likeness (QED) is 0.597. The number of benzene rings is 1. The number of aromatic nitrogens is 2. The van der Waals surface area contributed by atoms with Gasteiger partial charge in [0, 0.05) is 56.6 Å². The number of fused-ring (bicyclic) bond motifs is 1. The van der Waals surface area contributed by atoms with Gasteiger partial charge in [-0.1, -0.05) is 12.1 Å². The normalized spacial score (nSPS) is 16.4. The molecule has 8 heteroatoms. The lowest BCUT2D eigenvalue weighted by molar-refractivity contribution is -0.129. The molecule has 0 bridgehead atoms. The number of amides is 2. The van der Waals surface area contributed by atoms with Crippen molar-refractivity contribution >= 4 is 39.9 Å². The summed E-state index contributed by atoms with van der Waals surface area (Å²) >= 11 is 1.39. The number of carbonyl (C=O) groups is 2. The average molecular weight is 450 g/mol. The molecule has 3 heterocycles. The van der Waals surface area contributed by atoms with Crippen LogP contribution in [0.15, 0.2) is 36.0 Å². The fourth-order valence-corrected chi connectivity index (χ4v) is 4.91. The minimum Gasteiger partial charge on any atom is -0.353 e. The smallest absolute Gasteiger partial charge is 0.266 e. The maximum Gasteiger partial charge on any atom is 0.266 e. The molecule has 1 aromatic carbocycles. The van der Waals surface area contributed by atoms with Crippen LogP contribution in [0.25, 0.3) is 10.9 Å². The number of thiazole rings is 1. The Labute approximate surface area is 191 Å². The second-order valence-electron chi connectivity index (χ2n) is 8.69. The minimum absolute atomic E-state index is 0.0475. The first-order valence-electron chi connectivity index (χ1n) is 11.1. The molecule has 2 fully saturated rings. The van der Waals surface area contributed by atoms with Crippen molar-refractivity contribution in [3.63, 3.8) is 0 Å². The van der Waals surface area contributed by atoms with E-state index in [1.807, 2.05) is 9.80 Å². The molecule has 0 N–H and O–H groups in total. The highest BCUT2D eigenvalue weighted by Gasteiger charge is 2.35. The Hall–Kier alpha value is -3.00. The zero-order chi connectivity index (χ0) is 22.2. The average Bonchev–Trinajstić information content (AvgIpc) is 3.49. The number of hydrogen-bond acceptors (Lipinski definition) is 6. The minimum atomic E-state index is 0.0475. The Morgan fingerprint density at radius 2 is 1.94 bits per heavy atom. The zero-order valence-corrected chi connectivity index (χ0v) is 19.3. The molecular formula is C24H27N5O2S. The Balaban J connectivity index is 1.50. The third kappa shape index (κ3) is 4.19. The largest absolute Gasteiger partial charge is 0.353 e. The number of anilines is 1. The molecule has 0 radical (unpaired) electrons. The van der Waals surface area contributed by atoms with Gasteiger partial charge in [-0.15, -0.1) is 11.3 Å². The summed E-state index contributed by atoms with van der Waals surface area (Å²) in [5.41, 5.74) is 4.90. The molecule has 1 aliphatic carbocycles. The van der Waals surface area contributed by atoms with Crippen molar-refractivity contribution < 1.29 is 9.59 Å². The van der Waals surface area contributed by atoms with Gasteiger partial charge >= 0.3 is 0 Å². The Morgan fingerprint density at radius 1 is 1.16 bits per heavy atom. The summed E-state index contributed by atoms with van der Waals surface area (Å²) in [6, 6.07) is 8.77. The number of rotatable bonds is 5. The third-order valence-corrected chi connectivity index (χ3v) is 7.05. The molecule has 0 spiro atoms. The summed E-state index contributed by atoms with van der Waals surface area (Å²) < 4.78 is 0. The van der Waals surface area contributed by atoms with Crippen LogP contribution in [0.3, 0.4) is 0 Å². The summed E-state index contributed by atoms with van der Waals surface area (Å²) in [5.74, 6) is 1.09. The molecule has 3 aromatic rings. The summed E-state index contributed by atoms with van der Waals surface area (Å²) in [6.45, 7) is 7.08. The molecule has 1 saturated heterocycles. The highest BCUT2D eigenvalue weighted by molar-refractivity contribution is 7.11. The van der Waals surface area contributed by atoms with Gasteiger partial charge < -0.3 is 14.7 Å². The van der Waals surface area contributed by atoms with E-state index in [1.165, 1.54) is 16.9 Å². The summed E-state index contributed by atoms with van der Waals surface area (Å²) in [7, 11) is 0. The van der Waals surface area contributed by atoms with Crippen LogP contribution in [-0.4, -0.2) is 63.8 Å². The molecule has 2 aromatic heterocycles. The van der Waals surface area contributed by atoms with E-state index in [2.05, 4.69) is 41.1 Å². The predicted octanol–water partition coefficient (Wildman–Crippen LogP) is 3.47. The van der Waals surface area contributed by atoms with Gasteiger partial charge in [-0.3, -0.25) is 14.6 Å². The maximum absolute atomic E-state index is 13.2. The topological polar surface area (TPSA) is 69.6 Å². The van der Waals surface area contributed by atoms with E-state index in [1.54, 1.807) is 18.6 Å². The third-order valence-electron chi connectivity index (χ3n) is 6.29. The highest BCUT2D eigenvalue weighted by Crippen LogP contribution is 2.33. The second kappa shape index (κ2) is 8.50. The van der Waals surface area contributed by atoms with Crippen LogP contribution in [0.5, 0.6) is 0 Å². The standard InChI is InChI=1S/C24H27N5O2S/c1-16-3-4-18-12-19(14-29(20-5-6-20)24(31)22-13-25-15-32-22)23(26-21(18)11-16)28-9-7-27(8-10-28)17(2)30/h3-4,11-13,15,20H,5-10,14H2,1-2H3. The van der Waals surface area contributed by atoms with Gasteiger partial charge in [-0.2, -0.15) is 0 Å².